The van der Waals surface area contributed by atoms with Crippen LogP contribution in [0.1, 0.15) is 18.1 Å². The molecule has 0 heterocycles. The first-order chi connectivity index (χ1) is 8.41. The molecule has 1 unspecified atom stereocenters. The van der Waals surface area contributed by atoms with E-state index in [0.717, 1.165) is 10.0 Å². The summed E-state index contributed by atoms with van der Waals surface area (Å²) in [6.45, 7) is 1.78. The third kappa shape index (κ3) is 2.58. The first kappa shape index (κ1) is 13.5. The molecule has 2 rings (SSSR count). The van der Waals surface area contributed by atoms with Gasteiger partial charge in [-0.3, -0.25) is 0 Å². The molecule has 1 nitrogen and oxygen atoms in total. The van der Waals surface area contributed by atoms with E-state index in [2.05, 4.69) is 15.9 Å². The van der Waals surface area contributed by atoms with Gasteiger partial charge in [0.1, 0.15) is 5.82 Å². The number of rotatable bonds is 2. The molecule has 0 saturated carbocycles. The molecule has 1 atom stereocenters. The second-order valence-corrected chi connectivity index (χ2v) is 5.69. The normalized spacial score (nSPS) is 14.3. The highest BCUT2D eigenvalue weighted by Crippen LogP contribution is 2.31. The summed E-state index contributed by atoms with van der Waals surface area (Å²) in [7, 11) is 0. The van der Waals surface area contributed by atoms with Crippen LogP contribution in [0.2, 0.25) is 5.02 Å². The number of nitrogens with two attached hydrogens (primary N) is 1. The minimum atomic E-state index is -0.904. The highest BCUT2D eigenvalue weighted by Gasteiger charge is 2.27. The zero-order valence-corrected chi connectivity index (χ0v) is 12.1. The van der Waals surface area contributed by atoms with Crippen LogP contribution in [0.4, 0.5) is 4.39 Å². The number of hydrogen-bond donors (Lipinski definition) is 1. The fraction of sp³-hybridized carbons (Fsp3) is 0.143. The van der Waals surface area contributed by atoms with Crippen molar-refractivity contribution in [2.45, 2.75) is 12.5 Å². The van der Waals surface area contributed by atoms with E-state index in [1.54, 1.807) is 19.1 Å². The van der Waals surface area contributed by atoms with Crippen molar-refractivity contribution in [3.05, 3.63) is 68.9 Å². The Morgan fingerprint density at radius 3 is 2.56 bits per heavy atom. The highest BCUT2D eigenvalue weighted by molar-refractivity contribution is 9.10. The Balaban J connectivity index is 2.53. The largest absolute Gasteiger partial charge is 0.318 e. The van der Waals surface area contributed by atoms with Crippen molar-refractivity contribution in [3.8, 4) is 0 Å². The maximum absolute atomic E-state index is 14.0. The lowest BCUT2D eigenvalue weighted by Gasteiger charge is -2.26. The zero-order valence-electron chi connectivity index (χ0n) is 9.75. The third-order valence-corrected chi connectivity index (χ3v) is 3.64. The SMILES string of the molecule is CC(N)(c1cccc(Br)c1)c1ccc(Cl)cc1F. The molecule has 0 spiro atoms. The standard InChI is InChI=1S/C14H12BrClFN/c1-14(18,9-3-2-4-10(15)7-9)12-6-5-11(16)8-13(12)17/h2-8H,18H2,1H3. The molecule has 4 heteroatoms. The van der Waals surface area contributed by atoms with Gasteiger partial charge in [0.25, 0.3) is 0 Å². The maximum Gasteiger partial charge on any atom is 0.130 e. The minimum Gasteiger partial charge on any atom is -0.318 e. The predicted molar refractivity (Wildman–Crippen MR) is 76.2 cm³/mol. The summed E-state index contributed by atoms with van der Waals surface area (Å²) < 4.78 is 14.9. The van der Waals surface area contributed by atoms with Gasteiger partial charge in [-0.2, -0.15) is 0 Å². The van der Waals surface area contributed by atoms with Gasteiger partial charge in [0, 0.05) is 15.1 Å². The monoisotopic (exact) mass is 327 g/mol. The van der Waals surface area contributed by atoms with Crippen molar-refractivity contribution in [2.24, 2.45) is 5.73 Å². The second kappa shape index (κ2) is 5.00. The van der Waals surface area contributed by atoms with E-state index in [-0.39, 0.29) is 0 Å². The molecule has 0 bridgehead atoms. The quantitative estimate of drug-likeness (QED) is 0.865. The van der Waals surface area contributed by atoms with Gasteiger partial charge in [-0.1, -0.05) is 45.7 Å². The van der Waals surface area contributed by atoms with Crippen molar-refractivity contribution >= 4 is 27.5 Å². The Morgan fingerprint density at radius 2 is 1.94 bits per heavy atom. The topological polar surface area (TPSA) is 26.0 Å². The van der Waals surface area contributed by atoms with Gasteiger partial charge in [0.2, 0.25) is 0 Å². The summed E-state index contributed by atoms with van der Waals surface area (Å²) >= 11 is 9.14. The van der Waals surface area contributed by atoms with Crippen LogP contribution in [0.25, 0.3) is 0 Å². The number of halogens is 3. The van der Waals surface area contributed by atoms with E-state index < -0.39 is 11.4 Å². The van der Waals surface area contributed by atoms with E-state index in [0.29, 0.717) is 10.6 Å². The number of benzene rings is 2. The van der Waals surface area contributed by atoms with Gasteiger partial charge in [0.15, 0.2) is 0 Å². The van der Waals surface area contributed by atoms with Crippen molar-refractivity contribution in [1.82, 2.24) is 0 Å². The Labute approximate surface area is 119 Å². The molecule has 0 aliphatic rings. The van der Waals surface area contributed by atoms with Crippen LogP contribution in [-0.4, -0.2) is 0 Å². The Bertz CT molecular complexity index is 584. The third-order valence-electron chi connectivity index (χ3n) is 2.91. The molecule has 2 aromatic carbocycles. The van der Waals surface area contributed by atoms with Crippen LogP contribution in [0, 0.1) is 5.82 Å². The van der Waals surface area contributed by atoms with E-state index in [1.165, 1.54) is 6.07 Å². The van der Waals surface area contributed by atoms with Gasteiger partial charge in [0.05, 0.1) is 5.54 Å². The van der Waals surface area contributed by atoms with Gasteiger partial charge >= 0.3 is 0 Å². The smallest absolute Gasteiger partial charge is 0.130 e. The lowest BCUT2D eigenvalue weighted by Crippen LogP contribution is -2.35. The fourth-order valence-electron chi connectivity index (χ4n) is 1.88. The van der Waals surface area contributed by atoms with Crippen molar-refractivity contribution in [1.29, 1.82) is 0 Å². The molecule has 0 radical (unpaired) electrons. The van der Waals surface area contributed by atoms with Gasteiger partial charge in [-0.15, -0.1) is 0 Å². The lowest BCUT2D eigenvalue weighted by molar-refractivity contribution is 0.531. The Kier molecular flexibility index (Phi) is 3.76. The van der Waals surface area contributed by atoms with Crippen LogP contribution >= 0.6 is 27.5 Å². The Hall–Kier alpha value is -0.900. The van der Waals surface area contributed by atoms with Crippen LogP contribution in [0.5, 0.6) is 0 Å². The maximum atomic E-state index is 14.0. The van der Waals surface area contributed by atoms with E-state index >= 15 is 0 Å². The van der Waals surface area contributed by atoms with Crippen LogP contribution in [0.3, 0.4) is 0 Å². The van der Waals surface area contributed by atoms with Gasteiger partial charge in [-0.25, -0.2) is 4.39 Å². The second-order valence-electron chi connectivity index (χ2n) is 4.34. The average molecular weight is 329 g/mol. The molecule has 0 aliphatic heterocycles. The summed E-state index contributed by atoms with van der Waals surface area (Å²) in [5.74, 6) is -0.396. The summed E-state index contributed by atoms with van der Waals surface area (Å²) in [5, 5.41) is 0.362. The molecule has 94 valence electrons. The van der Waals surface area contributed by atoms with Crippen molar-refractivity contribution in [2.75, 3.05) is 0 Å². The fourth-order valence-corrected chi connectivity index (χ4v) is 2.44. The van der Waals surface area contributed by atoms with Crippen molar-refractivity contribution in [3.63, 3.8) is 0 Å². The average Bonchev–Trinajstić information content (AvgIpc) is 2.28. The summed E-state index contributed by atoms with van der Waals surface area (Å²) in [5.41, 5.74) is 6.62. The Morgan fingerprint density at radius 1 is 1.22 bits per heavy atom. The summed E-state index contributed by atoms with van der Waals surface area (Å²) in [4.78, 5) is 0. The first-order valence-corrected chi connectivity index (χ1v) is 6.59. The molecule has 0 aliphatic carbocycles. The van der Waals surface area contributed by atoms with Crippen LogP contribution in [0.15, 0.2) is 46.9 Å². The molecule has 2 N–H and O–H groups in total. The van der Waals surface area contributed by atoms with Gasteiger partial charge in [-0.05, 0) is 36.8 Å². The predicted octanol–water partition coefficient (Wildman–Crippen LogP) is 4.46. The molecular formula is C14H12BrClFN. The summed E-state index contributed by atoms with van der Waals surface area (Å²) in [6.07, 6.45) is 0. The van der Waals surface area contributed by atoms with Crippen molar-refractivity contribution < 1.29 is 4.39 Å². The molecule has 0 amide bonds. The van der Waals surface area contributed by atoms with Crippen LogP contribution in [-0.2, 0) is 5.54 Å². The number of hydrogen-bond acceptors (Lipinski definition) is 1. The first-order valence-electron chi connectivity index (χ1n) is 5.42. The molecule has 0 aromatic heterocycles. The molecule has 18 heavy (non-hydrogen) atoms. The minimum absolute atomic E-state index is 0.362. The van der Waals surface area contributed by atoms with E-state index in [1.807, 2.05) is 24.3 Å². The molecule has 2 aromatic rings. The van der Waals surface area contributed by atoms with E-state index in [4.69, 9.17) is 17.3 Å². The highest BCUT2D eigenvalue weighted by atomic mass is 79.9. The lowest BCUT2D eigenvalue weighted by atomic mass is 9.85. The van der Waals surface area contributed by atoms with E-state index in [9.17, 15) is 4.39 Å². The zero-order chi connectivity index (χ0) is 13.3. The van der Waals surface area contributed by atoms with Crippen LogP contribution < -0.4 is 5.73 Å². The molecular weight excluding hydrogens is 317 g/mol. The summed E-state index contributed by atoms with van der Waals surface area (Å²) in [6, 6.07) is 12.1. The molecule has 0 saturated heterocycles. The molecule has 0 fully saturated rings. The van der Waals surface area contributed by atoms with Gasteiger partial charge < -0.3 is 5.73 Å².